The van der Waals surface area contributed by atoms with E-state index in [-0.39, 0.29) is 18.4 Å². The van der Waals surface area contributed by atoms with Gasteiger partial charge in [0.25, 0.3) is 5.91 Å². The summed E-state index contributed by atoms with van der Waals surface area (Å²) in [5.41, 5.74) is 0.343. The summed E-state index contributed by atoms with van der Waals surface area (Å²) in [5.74, 6) is 0.763. The molecule has 1 spiro atoms. The van der Waals surface area contributed by atoms with E-state index in [1.165, 1.54) is 4.90 Å². The fourth-order valence-corrected chi connectivity index (χ4v) is 3.73. The first-order chi connectivity index (χ1) is 13.3. The Morgan fingerprint density at radius 3 is 2.54 bits per heavy atom. The molecular weight excluding hydrogens is 358 g/mol. The summed E-state index contributed by atoms with van der Waals surface area (Å²) in [4.78, 5) is 40.2. The number of imide groups is 1. The van der Waals surface area contributed by atoms with Crippen LogP contribution in [0.4, 0.5) is 4.79 Å². The molecule has 1 aromatic carbocycles. The summed E-state index contributed by atoms with van der Waals surface area (Å²) in [6, 6.07) is 7.23. The number of carbonyl (C=O) groups is 3. The predicted molar refractivity (Wildman–Crippen MR) is 105 cm³/mol. The second-order valence-corrected chi connectivity index (χ2v) is 8.06. The Balaban J connectivity index is 1.50. The summed E-state index contributed by atoms with van der Waals surface area (Å²) < 4.78 is 5.64. The number of ether oxygens (including phenoxy) is 1. The number of likely N-dealkylation sites (N-methyl/N-ethyl adjacent to an activating group) is 1. The molecular formula is C21H29N3O4. The molecule has 0 atom stereocenters. The summed E-state index contributed by atoms with van der Waals surface area (Å²) in [6.45, 7) is 4.64. The lowest BCUT2D eigenvalue weighted by Crippen LogP contribution is -2.50. The summed E-state index contributed by atoms with van der Waals surface area (Å²) in [7, 11) is 1.65. The van der Waals surface area contributed by atoms with Crippen LogP contribution in [0, 0.1) is 12.8 Å². The second kappa shape index (κ2) is 8.20. The lowest BCUT2D eigenvalue weighted by Gasteiger charge is -2.33. The molecule has 0 unspecified atom stereocenters. The van der Waals surface area contributed by atoms with E-state index in [0.717, 1.165) is 29.1 Å². The van der Waals surface area contributed by atoms with Gasteiger partial charge in [-0.3, -0.25) is 14.5 Å². The highest BCUT2D eigenvalue weighted by Crippen LogP contribution is 2.36. The number of rotatable bonds is 6. The van der Waals surface area contributed by atoms with Gasteiger partial charge in [-0.25, -0.2) is 4.79 Å². The topological polar surface area (TPSA) is 79.0 Å². The van der Waals surface area contributed by atoms with E-state index in [2.05, 4.69) is 12.2 Å². The first-order valence-corrected chi connectivity index (χ1v) is 9.88. The van der Waals surface area contributed by atoms with Crippen molar-refractivity contribution in [2.75, 3.05) is 26.7 Å². The number of benzene rings is 1. The molecule has 0 radical (unpaired) electrons. The third-order valence-electron chi connectivity index (χ3n) is 5.81. The van der Waals surface area contributed by atoms with Gasteiger partial charge < -0.3 is 15.0 Å². The van der Waals surface area contributed by atoms with Crippen molar-refractivity contribution < 1.29 is 19.1 Å². The molecule has 2 fully saturated rings. The van der Waals surface area contributed by atoms with E-state index in [1.807, 2.05) is 31.2 Å². The molecule has 2 aliphatic rings. The van der Waals surface area contributed by atoms with Crippen molar-refractivity contribution in [3.05, 3.63) is 29.8 Å². The maximum Gasteiger partial charge on any atom is 0.325 e. The zero-order chi connectivity index (χ0) is 20.3. The fourth-order valence-electron chi connectivity index (χ4n) is 3.73. The number of amides is 4. The first-order valence-electron chi connectivity index (χ1n) is 9.88. The van der Waals surface area contributed by atoms with Gasteiger partial charge in [-0.1, -0.05) is 24.6 Å². The van der Waals surface area contributed by atoms with Crippen molar-refractivity contribution >= 4 is 17.8 Å². The molecule has 4 amide bonds. The molecule has 0 aromatic heterocycles. The van der Waals surface area contributed by atoms with Crippen LogP contribution in [0.25, 0.3) is 0 Å². The van der Waals surface area contributed by atoms with Gasteiger partial charge in [-0.15, -0.1) is 0 Å². The Morgan fingerprint density at radius 2 is 1.89 bits per heavy atom. The Kier molecular flexibility index (Phi) is 5.91. The van der Waals surface area contributed by atoms with Crippen LogP contribution in [0.2, 0.25) is 0 Å². The number of aryl methyl sites for hydroxylation is 1. The number of carbonyl (C=O) groups excluding carboxylic acids is 3. The highest BCUT2D eigenvalue weighted by molar-refractivity contribution is 6.09. The summed E-state index contributed by atoms with van der Waals surface area (Å²) in [6.07, 6.45) is 3.10. The number of hydrogen-bond acceptors (Lipinski definition) is 4. The molecule has 1 saturated carbocycles. The van der Waals surface area contributed by atoms with Crippen molar-refractivity contribution in [3.63, 3.8) is 0 Å². The van der Waals surface area contributed by atoms with Gasteiger partial charge in [-0.05, 0) is 50.7 Å². The van der Waals surface area contributed by atoms with Gasteiger partial charge in [0, 0.05) is 7.05 Å². The van der Waals surface area contributed by atoms with Crippen LogP contribution >= 0.6 is 0 Å². The molecule has 0 bridgehead atoms. The number of nitrogens with zero attached hydrogens (tertiary/aromatic N) is 2. The average Bonchev–Trinajstić information content (AvgIpc) is 2.90. The molecule has 28 heavy (non-hydrogen) atoms. The van der Waals surface area contributed by atoms with Crippen LogP contribution in [0.15, 0.2) is 24.3 Å². The van der Waals surface area contributed by atoms with Gasteiger partial charge in [0.15, 0.2) is 0 Å². The van der Waals surface area contributed by atoms with Gasteiger partial charge in [-0.2, -0.15) is 0 Å². The molecule has 152 valence electrons. The Labute approximate surface area is 166 Å². The quantitative estimate of drug-likeness (QED) is 0.760. The van der Waals surface area contributed by atoms with Crippen molar-refractivity contribution in [2.45, 2.75) is 45.1 Å². The monoisotopic (exact) mass is 387 g/mol. The maximum atomic E-state index is 12.8. The molecule has 1 aliphatic carbocycles. The van der Waals surface area contributed by atoms with Crippen LogP contribution in [0.1, 0.15) is 38.2 Å². The van der Waals surface area contributed by atoms with E-state index >= 15 is 0 Å². The highest BCUT2D eigenvalue weighted by Gasteiger charge is 2.52. The first kappa shape index (κ1) is 20.2. The minimum absolute atomic E-state index is 0.233. The predicted octanol–water partition coefficient (Wildman–Crippen LogP) is 2.33. The molecule has 3 rings (SSSR count). The van der Waals surface area contributed by atoms with Crippen LogP contribution in [-0.4, -0.2) is 59.9 Å². The van der Waals surface area contributed by atoms with E-state index in [4.69, 9.17) is 4.74 Å². The average molecular weight is 387 g/mol. The largest absolute Gasteiger partial charge is 0.492 e. The van der Waals surface area contributed by atoms with Gasteiger partial charge in [0.2, 0.25) is 5.91 Å². The van der Waals surface area contributed by atoms with Crippen LogP contribution in [0.5, 0.6) is 5.75 Å². The normalized spacial score (nSPS) is 24.4. The lowest BCUT2D eigenvalue weighted by molar-refractivity contribution is -0.139. The van der Waals surface area contributed by atoms with Crippen LogP contribution in [0.3, 0.4) is 0 Å². The second-order valence-electron chi connectivity index (χ2n) is 8.06. The molecule has 7 heteroatoms. The lowest BCUT2D eigenvalue weighted by atomic mass is 9.77. The smallest absolute Gasteiger partial charge is 0.325 e. The number of hydrogen-bond donors (Lipinski definition) is 1. The van der Waals surface area contributed by atoms with E-state index in [9.17, 15) is 14.4 Å². The number of nitrogens with one attached hydrogen (secondary N) is 1. The summed E-state index contributed by atoms with van der Waals surface area (Å²) in [5, 5.41) is 2.85. The molecule has 1 heterocycles. The molecule has 1 aliphatic heterocycles. The SMILES string of the molecule is Cc1ccc(OCCN(C)C(=O)CN2C(=O)NC3(CCC(C)CC3)C2=O)cc1. The Morgan fingerprint density at radius 1 is 1.25 bits per heavy atom. The zero-order valence-electron chi connectivity index (χ0n) is 16.9. The van der Waals surface area contributed by atoms with Crippen molar-refractivity contribution in [3.8, 4) is 5.75 Å². The molecule has 7 nitrogen and oxygen atoms in total. The standard InChI is InChI=1S/C21H29N3O4/c1-15-4-6-17(7-5-15)28-13-12-23(3)18(25)14-24-19(26)21(22-20(24)27)10-8-16(2)9-11-21/h4-7,16H,8-14H2,1-3H3,(H,22,27). The summed E-state index contributed by atoms with van der Waals surface area (Å²) >= 11 is 0. The van der Waals surface area contributed by atoms with E-state index < -0.39 is 11.6 Å². The van der Waals surface area contributed by atoms with Crippen molar-refractivity contribution in [1.29, 1.82) is 0 Å². The number of urea groups is 1. The van der Waals surface area contributed by atoms with Crippen LogP contribution < -0.4 is 10.1 Å². The maximum absolute atomic E-state index is 12.8. The fraction of sp³-hybridized carbons (Fsp3) is 0.571. The van der Waals surface area contributed by atoms with Gasteiger partial charge in [0.05, 0.1) is 6.54 Å². The Hall–Kier alpha value is -2.57. The van der Waals surface area contributed by atoms with Crippen molar-refractivity contribution in [2.24, 2.45) is 5.92 Å². The van der Waals surface area contributed by atoms with Crippen molar-refractivity contribution in [1.82, 2.24) is 15.1 Å². The molecule has 1 N–H and O–H groups in total. The molecule has 1 saturated heterocycles. The molecule has 1 aromatic rings. The minimum Gasteiger partial charge on any atom is -0.492 e. The van der Waals surface area contributed by atoms with E-state index in [0.29, 0.717) is 31.9 Å². The third kappa shape index (κ3) is 4.29. The highest BCUT2D eigenvalue weighted by atomic mass is 16.5. The Bertz CT molecular complexity index is 739. The van der Waals surface area contributed by atoms with Gasteiger partial charge in [0.1, 0.15) is 24.4 Å². The van der Waals surface area contributed by atoms with Gasteiger partial charge >= 0.3 is 6.03 Å². The minimum atomic E-state index is -0.809. The van der Waals surface area contributed by atoms with E-state index in [1.54, 1.807) is 7.05 Å². The zero-order valence-corrected chi connectivity index (χ0v) is 16.9. The third-order valence-corrected chi connectivity index (χ3v) is 5.81. The van der Waals surface area contributed by atoms with Crippen LogP contribution in [-0.2, 0) is 9.59 Å².